The second-order valence-corrected chi connectivity index (χ2v) is 5.80. The summed E-state index contributed by atoms with van der Waals surface area (Å²) in [4.78, 5) is 4.84. The van der Waals surface area contributed by atoms with Crippen molar-refractivity contribution < 1.29 is 4.74 Å². The van der Waals surface area contributed by atoms with E-state index in [4.69, 9.17) is 15.5 Å². The van der Waals surface area contributed by atoms with Gasteiger partial charge in [0.15, 0.2) is 0 Å². The molecule has 0 spiro atoms. The minimum absolute atomic E-state index is 0.568. The fourth-order valence-corrected chi connectivity index (χ4v) is 3.00. The van der Waals surface area contributed by atoms with Gasteiger partial charge in [0.25, 0.3) is 0 Å². The number of allylic oxidation sites excluding steroid dienone is 1. The number of rotatable bonds is 4. The van der Waals surface area contributed by atoms with Crippen LogP contribution >= 0.6 is 0 Å². The number of hydrogen-bond donors (Lipinski definition) is 1. The molecule has 1 aliphatic heterocycles. The number of nitrogens with two attached hydrogens (primary N) is 1. The molecule has 4 nitrogen and oxygen atoms in total. The molecule has 0 radical (unpaired) electrons. The quantitative estimate of drug-likeness (QED) is 0.876. The lowest BCUT2D eigenvalue weighted by Gasteiger charge is -2.06. The highest BCUT2D eigenvalue weighted by Gasteiger charge is 2.30. The molecule has 0 amide bonds. The normalized spacial score (nSPS) is 16.6. The Kier molecular flexibility index (Phi) is 2.77. The molecule has 0 unspecified atom stereocenters. The van der Waals surface area contributed by atoms with Gasteiger partial charge < -0.3 is 15.0 Å². The van der Waals surface area contributed by atoms with Crippen molar-refractivity contribution in [3.05, 3.63) is 42.2 Å². The van der Waals surface area contributed by atoms with E-state index in [9.17, 15) is 0 Å². The van der Waals surface area contributed by atoms with Crippen LogP contribution in [0.4, 0.5) is 5.82 Å². The molecule has 108 valence electrons. The molecule has 0 bridgehead atoms. The summed E-state index contributed by atoms with van der Waals surface area (Å²) in [7, 11) is 0. The van der Waals surface area contributed by atoms with Gasteiger partial charge in [0, 0.05) is 24.4 Å². The van der Waals surface area contributed by atoms with Gasteiger partial charge in [-0.2, -0.15) is 0 Å². The van der Waals surface area contributed by atoms with Crippen LogP contribution in [-0.2, 0) is 13.0 Å². The SMILES string of the molecule is C=CCn1c(C2CC2)nc(-c2ccc3c(c2)CCO3)c1N. The Morgan fingerprint density at radius 1 is 1.43 bits per heavy atom. The fraction of sp³-hybridized carbons (Fsp3) is 0.353. The lowest BCUT2D eigenvalue weighted by Crippen LogP contribution is -2.05. The van der Waals surface area contributed by atoms with Crippen molar-refractivity contribution in [1.29, 1.82) is 0 Å². The first-order valence-electron chi connectivity index (χ1n) is 7.51. The van der Waals surface area contributed by atoms with Crippen LogP contribution < -0.4 is 10.5 Å². The van der Waals surface area contributed by atoms with E-state index < -0.39 is 0 Å². The zero-order valence-corrected chi connectivity index (χ0v) is 12.0. The average Bonchev–Trinajstić information content (AvgIpc) is 3.14. The third-order valence-electron chi connectivity index (χ3n) is 4.25. The molecule has 1 fully saturated rings. The summed E-state index contributed by atoms with van der Waals surface area (Å²) in [6, 6.07) is 6.24. The summed E-state index contributed by atoms with van der Waals surface area (Å²) >= 11 is 0. The van der Waals surface area contributed by atoms with Gasteiger partial charge in [-0.1, -0.05) is 6.08 Å². The molecule has 4 rings (SSSR count). The smallest absolute Gasteiger partial charge is 0.132 e. The second kappa shape index (κ2) is 4.65. The van der Waals surface area contributed by atoms with E-state index in [0.717, 1.165) is 48.2 Å². The molecule has 21 heavy (non-hydrogen) atoms. The molecule has 4 heteroatoms. The number of nitrogens with zero attached hydrogens (tertiary/aromatic N) is 2. The fourth-order valence-electron chi connectivity index (χ4n) is 3.00. The van der Waals surface area contributed by atoms with E-state index in [-0.39, 0.29) is 0 Å². The highest BCUT2D eigenvalue weighted by atomic mass is 16.5. The van der Waals surface area contributed by atoms with Gasteiger partial charge in [-0.25, -0.2) is 4.98 Å². The van der Waals surface area contributed by atoms with Gasteiger partial charge in [0.2, 0.25) is 0 Å². The zero-order chi connectivity index (χ0) is 14.4. The molecule has 2 N–H and O–H groups in total. The molecule has 1 saturated carbocycles. The van der Waals surface area contributed by atoms with Gasteiger partial charge in [-0.05, 0) is 36.6 Å². The first-order valence-corrected chi connectivity index (χ1v) is 7.51. The van der Waals surface area contributed by atoms with Gasteiger partial charge in [-0.15, -0.1) is 6.58 Å². The predicted molar refractivity (Wildman–Crippen MR) is 83.4 cm³/mol. The molecule has 2 aromatic rings. The van der Waals surface area contributed by atoms with Gasteiger partial charge in [0.05, 0.1) is 6.61 Å². The Labute approximate surface area is 124 Å². The van der Waals surface area contributed by atoms with E-state index >= 15 is 0 Å². The van der Waals surface area contributed by atoms with E-state index in [1.807, 2.05) is 12.1 Å². The molecule has 2 aliphatic rings. The van der Waals surface area contributed by atoms with Crippen LogP contribution in [0, 0.1) is 0 Å². The van der Waals surface area contributed by atoms with Gasteiger partial charge >= 0.3 is 0 Å². The lowest BCUT2D eigenvalue weighted by molar-refractivity contribution is 0.357. The highest BCUT2D eigenvalue weighted by molar-refractivity contribution is 5.73. The van der Waals surface area contributed by atoms with Crippen LogP contribution in [0.15, 0.2) is 30.9 Å². The van der Waals surface area contributed by atoms with Crippen LogP contribution in [-0.4, -0.2) is 16.2 Å². The number of anilines is 1. The maximum Gasteiger partial charge on any atom is 0.132 e. The summed E-state index contributed by atoms with van der Waals surface area (Å²) in [6.07, 6.45) is 5.27. The Morgan fingerprint density at radius 3 is 3.05 bits per heavy atom. The third kappa shape index (κ3) is 2.02. The first kappa shape index (κ1) is 12.5. The summed E-state index contributed by atoms with van der Waals surface area (Å²) < 4.78 is 7.67. The number of nitrogen functional groups attached to an aromatic ring is 1. The number of aromatic nitrogens is 2. The predicted octanol–water partition coefficient (Wildman–Crippen LogP) is 3.13. The van der Waals surface area contributed by atoms with Crippen LogP contribution in [0.3, 0.4) is 0 Å². The van der Waals surface area contributed by atoms with Crippen LogP contribution in [0.5, 0.6) is 5.75 Å². The molecule has 1 aromatic carbocycles. The van der Waals surface area contributed by atoms with Crippen molar-refractivity contribution in [3.8, 4) is 17.0 Å². The van der Waals surface area contributed by atoms with Crippen molar-refractivity contribution in [2.24, 2.45) is 0 Å². The Hall–Kier alpha value is -2.23. The molecule has 2 heterocycles. The minimum atomic E-state index is 0.568. The summed E-state index contributed by atoms with van der Waals surface area (Å²) in [6.45, 7) is 5.32. The number of benzene rings is 1. The van der Waals surface area contributed by atoms with E-state index in [0.29, 0.717) is 5.92 Å². The maximum absolute atomic E-state index is 6.35. The molecular weight excluding hydrogens is 262 g/mol. The molecule has 0 atom stereocenters. The van der Waals surface area contributed by atoms with E-state index in [1.165, 1.54) is 18.4 Å². The number of ether oxygens (including phenoxy) is 1. The number of imidazole rings is 1. The Balaban J connectivity index is 1.81. The Morgan fingerprint density at radius 2 is 2.29 bits per heavy atom. The Bertz CT molecular complexity index is 713. The van der Waals surface area contributed by atoms with Crippen molar-refractivity contribution in [3.63, 3.8) is 0 Å². The van der Waals surface area contributed by atoms with Crippen molar-refractivity contribution in [1.82, 2.24) is 9.55 Å². The van der Waals surface area contributed by atoms with Crippen molar-refractivity contribution in [2.45, 2.75) is 31.7 Å². The van der Waals surface area contributed by atoms with Crippen LogP contribution in [0.1, 0.15) is 30.1 Å². The molecule has 1 aromatic heterocycles. The number of hydrogen-bond acceptors (Lipinski definition) is 3. The third-order valence-corrected chi connectivity index (χ3v) is 4.25. The molecule has 0 saturated heterocycles. The summed E-state index contributed by atoms with van der Waals surface area (Å²) in [5, 5.41) is 0. The van der Waals surface area contributed by atoms with Crippen molar-refractivity contribution >= 4 is 5.82 Å². The highest BCUT2D eigenvalue weighted by Crippen LogP contribution is 2.42. The summed E-state index contributed by atoms with van der Waals surface area (Å²) in [5.41, 5.74) is 9.58. The minimum Gasteiger partial charge on any atom is -0.493 e. The standard InChI is InChI=1S/C17H19N3O/c1-2-8-20-16(18)15(19-17(20)11-3-4-11)13-5-6-14-12(10-13)7-9-21-14/h2,5-6,10-11H,1,3-4,7-9,18H2. The topological polar surface area (TPSA) is 53.1 Å². The lowest BCUT2D eigenvalue weighted by atomic mass is 10.1. The van der Waals surface area contributed by atoms with Crippen LogP contribution in [0.2, 0.25) is 0 Å². The maximum atomic E-state index is 6.35. The van der Waals surface area contributed by atoms with Gasteiger partial charge in [0.1, 0.15) is 23.1 Å². The van der Waals surface area contributed by atoms with E-state index in [2.05, 4.69) is 23.3 Å². The van der Waals surface area contributed by atoms with Crippen molar-refractivity contribution in [2.75, 3.05) is 12.3 Å². The zero-order valence-electron chi connectivity index (χ0n) is 12.0. The summed E-state index contributed by atoms with van der Waals surface area (Å²) in [5.74, 6) is 3.42. The largest absolute Gasteiger partial charge is 0.493 e. The average molecular weight is 281 g/mol. The first-order chi connectivity index (χ1) is 10.3. The van der Waals surface area contributed by atoms with Crippen LogP contribution in [0.25, 0.3) is 11.3 Å². The molecular formula is C17H19N3O. The van der Waals surface area contributed by atoms with Gasteiger partial charge in [-0.3, -0.25) is 0 Å². The monoisotopic (exact) mass is 281 g/mol. The number of fused-ring (bicyclic) bond motifs is 1. The second-order valence-electron chi connectivity index (χ2n) is 5.80. The van der Waals surface area contributed by atoms with E-state index in [1.54, 1.807) is 0 Å². The molecule has 1 aliphatic carbocycles.